The molecular formula is C35H40O8. The Morgan fingerprint density at radius 2 is 1.28 bits per heavy atom. The molecule has 2 unspecified atom stereocenters. The van der Waals surface area contributed by atoms with E-state index in [9.17, 15) is 14.4 Å². The van der Waals surface area contributed by atoms with E-state index in [0.29, 0.717) is 18.3 Å². The van der Waals surface area contributed by atoms with E-state index < -0.39 is 24.0 Å². The van der Waals surface area contributed by atoms with E-state index in [1.165, 1.54) is 69.7 Å². The van der Waals surface area contributed by atoms with Gasteiger partial charge in [0.25, 0.3) is 0 Å². The molecule has 0 radical (unpaired) electrons. The van der Waals surface area contributed by atoms with Gasteiger partial charge < -0.3 is 23.7 Å². The SMILES string of the molecule is CCOC(=O)C(C)OC(=O)c1ccc(OC(=O)c2ccc(-c3ccc(OCCCCCCCCC4CO4)cc3)cc2)cc1. The zero-order valence-electron chi connectivity index (χ0n) is 24.9. The quantitative estimate of drug-likeness (QED) is 0.0707. The zero-order valence-corrected chi connectivity index (χ0v) is 24.9. The molecule has 1 heterocycles. The maximum absolute atomic E-state index is 12.7. The van der Waals surface area contributed by atoms with Crippen molar-refractivity contribution >= 4 is 17.9 Å². The molecule has 43 heavy (non-hydrogen) atoms. The van der Waals surface area contributed by atoms with E-state index in [2.05, 4.69) is 0 Å². The summed E-state index contributed by atoms with van der Waals surface area (Å²) in [6.45, 7) is 4.99. The lowest BCUT2D eigenvalue weighted by molar-refractivity contribution is -0.152. The number of rotatable bonds is 17. The van der Waals surface area contributed by atoms with Crippen molar-refractivity contribution in [1.29, 1.82) is 0 Å². The maximum Gasteiger partial charge on any atom is 0.347 e. The van der Waals surface area contributed by atoms with E-state index in [1.807, 2.05) is 36.4 Å². The fourth-order valence-electron chi connectivity index (χ4n) is 4.51. The first kappa shape index (κ1) is 31.8. The first-order valence-electron chi connectivity index (χ1n) is 15.1. The molecule has 228 valence electrons. The smallest absolute Gasteiger partial charge is 0.347 e. The van der Waals surface area contributed by atoms with Crippen LogP contribution in [0, 0.1) is 0 Å². The molecule has 0 spiro atoms. The highest BCUT2D eigenvalue weighted by Crippen LogP contribution is 2.24. The lowest BCUT2D eigenvalue weighted by Gasteiger charge is -2.12. The standard InChI is InChI=1S/C35H40O8/c1-3-39-33(36)25(2)42-34(37)29-17-21-31(22-18-29)43-35(38)28-13-11-26(12-14-28)27-15-19-30(20-16-27)40-23-9-7-5-4-6-8-10-32-24-41-32/h11-22,25,32H,3-10,23-24H2,1-2H3. The normalized spacial score (nSPS) is 14.4. The van der Waals surface area contributed by atoms with Gasteiger partial charge in [0.1, 0.15) is 11.5 Å². The molecule has 0 saturated carbocycles. The third kappa shape index (κ3) is 10.6. The van der Waals surface area contributed by atoms with Gasteiger partial charge in [0.15, 0.2) is 6.10 Å². The zero-order chi connectivity index (χ0) is 30.4. The number of hydrogen-bond donors (Lipinski definition) is 0. The third-order valence-corrected chi connectivity index (χ3v) is 7.10. The van der Waals surface area contributed by atoms with Crippen LogP contribution >= 0.6 is 0 Å². The summed E-state index contributed by atoms with van der Waals surface area (Å²) in [6.07, 6.45) is 8.09. The minimum Gasteiger partial charge on any atom is -0.494 e. The molecule has 3 aromatic rings. The summed E-state index contributed by atoms with van der Waals surface area (Å²) in [7, 11) is 0. The van der Waals surface area contributed by atoms with Crippen molar-refractivity contribution in [2.75, 3.05) is 19.8 Å². The van der Waals surface area contributed by atoms with Gasteiger partial charge in [-0.25, -0.2) is 14.4 Å². The van der Waals surface area contributed by atoms with E-state index in [-0.39, 0.29) is 17.9 Å². The number of benzene rings is 3. The van der Waals surface area contributed by atoms with E-state index >= 15 is 0 Å². The van der Waals surface area contributed by atoms with Crippen molar-refractivity contribution in [2.24, 2.45) is 0 Å². The van der Waals surface area contributed by atoms with Crippen LogP contribution in [0.5, 0.6) is 11.5 Å². The van der Waals surface area contributed by atoms with Crippen LogP contribution in [0.2, 0.25) is 0 Å². The predicted octanol–water partition coefficient (Wildman–Crippen LogP) is 7.19. The minimum atomic E-state index is -1.02. The molecule has 8 nitrogen and oxygen atoms in total. The largest absolute Gasteiger partial charge is 0.494 e. The highest BCUT2D eigenvalue weighted by atomic mass is 16.6. The Balaban J connectivity index is 1.17. The van der Waals surface area contributed by atoms with Gasteiger partial charge >= 0.3 is 17.9 Å². The van der Waals surface area contributed by atoms with Gasteiger partial charge in [0.05, 0.1) is 37.1 Å². The summed E-state index contributed by atoms with van der Waals surface area (Å²) >= 11 is 0. The van der Waals surface area contributed by atoms with Crippen molar-refractivity contribution in [1.82, 2.24) is 0 Å². The highest BCUT2D eigenvalue weighted by Gasteiger charge is 2.21. The molecule has 1 aliphatic heterocycles. The summed E-state index contributed by atoms with van der Waals surface area (Å²) in [6, 6.07) is 21.0. The summed E-state index contributed by atoms with van der Waals surface area (Å²) in [4.78, 5) is 36.6. The average Bonchev–Trinajstić information content (AvgIpc) is 3.85. The van der Waals surface area contributed by atoms with Crippen LogP contribution < -0.4 is 9.47 Å². The van der Waals surface area contributed by atoms with Crippen LogP contribution in [0.4, 0.5) is 0 Å². The molecule has 2 atom stereocenters. The van der Waals surface area contributed by atoms with Gasteiger partial charge in [0, 0.05) is 0 Å². The van der Waals surface area contributed by atoms with Gasteiger partial charge in [-0.2, -0.15) is 0 Å². The Labute approximate surface area is 253 Å². The predicted molar refractivity (Wildman–Crippen MR) is 162 cm³/mol. The molecule has 3 aromatic carbocycles. The second-order valence-corrected chi connectivity index (χ2v) is 10.5. The molecule has 0 amide bonds. The van der Waals surface area contributed by atoms with Crippen molar-refractivity contribution in [3.8, 4) is 22.6 Å². The molecule has 8 heteroatoms. The van der Waals surface area contributed by atoms with Crippen LogP contribution in [0.3, 0.4) is 0 Å². The summed E-state index contributed by atoms with van der Waals surface area (Å²) < 4.78 is 26.5. The molecule has 1 saturated heterocycles. The van der Waals surface area contributed by atoms with Crippen molar-refractivity contribution < 1.29 is 38.1 Å². The van der Waals surface area contributed by atoms with Crippen LogP contribution in [-0.2, 0) is 19.0 Å². The van der Waals surface area contributed by atoms with Crippen LogP contribution in [-0.4, -0.2) is 49.9 Å². The van der Waals surface area contributed by atoms with E-state index in [0.717, 1.165) is 29.9 Å². The monoisotopic (exact) mass is 588 g/mol. The van der Waals surface area contributed by atoms with Crippen molar-refractivity contribution in [2.45, 2.75) is 71.0 Å². The van der Waals surface area contributed by atoms with Crippen molar-refractivity contribution in [3.63, 3.8) is 0 Å². The fourth-order valence-corrected chi connectivity index (χ4v) is 4.51. The minimum absolute atomic E-state index is 0.199. The molecular weight excluding hydrogens is 548 g/mol. The fraction of sp³-hybridized carbons (Fsp3) is 0.400. The Bertz CT molecular complexity index is 1310. The van der Waals surface area contributed by atoms with Gasteiger partial charge in [0.2, 0.25) is 0 Å². The van der Waals surface area contributed by atoms with Gasteiger partial charge in [-0.05, 0) is 86.3 Å². The lowest BCUT2D eigenvalue weighted by atomic mass is 10.0. The van der Waals surface area contributed by atoms with E-state index in [1.54, 1.807) is 19.1 Å². The summed E-state index contributed by atoms with van der Waals surface area (Å²) in [5, 5.41) is 0. The molecule has 0 N–H and O–H groups in total. The average molecular weight is 589 g/mol. The Morgan fingerprint density at radius 3 is 1.91 bits per heavy atom. The Kier molecular flexibility index (Phi) is 12.2. The number of carbonyl (C=O) groups is 3. The van der Waals surface area contributed by atoms with Crippen LogP contribution in [0.15, 0.2) is 72.8 Å². The number of ether oxygens (including phenoxy) is 5. The topological polar surface area (TPSA) is 101 Å². The second-order valence-electron chi connectivity index (χ2n) is 10.5. The number of epoxide rings is 1. The molecule has 1 aliphatic rings. The number of esters is 3. The summed E-state index contributed by atoms with van der Waals surface area (Å²) in [5.74, 6) is -0.684. The van der Waals surface area contributed by atoms with Gasteiger partial charge in [-0.1, -0.05) is 56.4 Å². The first-order chi connectivity index (χ1) is 20.9. The second kappa shape index (κ2) is 16.5. The maximum atomic E-state index is 12.7. The molecule has 4 rings (SSSR count). The number of unbranched alkanes of at least 4 members (excludes halogenated alkanes) is 5. The Morgan fingerprint density at radius 1 is 0.744 bits per heavy atom. The first-order valence-corrected chi connectivity index (χ1v) is 15.1. The van der Waals surface area contributed by atoms with Crippen LogP contribution in [0.1, 0.15) is 79.5 Å². The van der Waals surface area contributed by atoms with Crippen molar-refractivity contribution in [3.05, 3.63) is 83.9 Å². The molecule has 0 aliphatic carbocycles. The molecule has 0 bridgehead atoms. The van der Waals surface area contributed by atoms with Gasteiger partial charge in [-0.3, -0.25) is 0 Å². The van der Waals surface area contributed by atoms with E-state index in [4.69, 9.17) is 23.7 Å². The number of carbonyl (C=O) groups excluding carboxylic acids is 3. The Hall–Kier alpha value is -4.17. The van der Waals surface area contributed by atoms with Crippen LogP contribution in [0.25, 0.3) is 11.1 Å². The molecule has 0 aromatic heterocycles. The molecule has 1 fully saturated rings. The lowest BCUT2D eigenvalue weighted by Crippen LogP contribution is -2.26. The number of hydrogen-bond acceptors (Lipinski definition) is 8. The van der Waals surface area contributed by atoms with Gasteiger partial charge in [-0.15, -0.1) is 0 Å². The highest BCUT2D eigenvalue weighted by molar-refractivity contribution is 5.93. The summed E-state index contributed by atoms with van der Waals surface area (Å²) in [5.41, 5.74) is 2.60. The third-order valence-electron chi connectivity index (χ3n) is 7.10.